The molecule has 3 heteroatoms. The van der Waals surface area contributed by atoms with Gasteiger partial charge in [-0.1, -0.05) is 46.2 Å². The average molecular weight is 215 g/mol. The number of nitrogens with zero attached hydrogens (tertiary/aromatic N) is 2. The highest BCUT2D eigenvalue weighted by molar-refractivity contribution is 6.29. The molecule has 2 nitrogen and oxygen atoms in total. The summed E-state index contributed by atoms with van der Waals surface area (Å²) in [6.07, 6.45) is 0. The number of rotatable bonds is 2. The van der Waals surface area contributed by atoms with Crippen molar-refractivity contribution in [1.82, 2.24) is 9.78 Å². The van der Waals surface area contributed by atoms with Crippen LogP contribution in [0.3, 0.4) is 0 Å². The lowest BCUT2D eigenvalue weighted by atomic mass is 9.93. The van der Waals surface area contributed by atoms with Crippen molar-refractivity contribution in [2.75, 3.05) is 0 Å². The Kier molecular flexibility index (Phi) is 3.25. The predicted molar refractivity (Wildman–Crippen MR) is 60.8 cm³/mol. The van der Waals surface area contributed by atoms with Crippen LogP contribution >= 0.6 is 11.6 Å². The third kappa shape index (κ3) is 2.74. The Morgan fingerprint density at radius 2 is 2.00 bits per heavy atom. The molecule has 0 aliphatic rings. The molecule has 0 bridgehead atoms. The normalized spacial score (nSPS) is 12.5. The zero-order valence-corrected chi connectivity index (χ0v) is 10.4. The summed E-state index contributed by atoms with van der Waals surface area (Å²) in [7, 11) is 0. The van der Waals surface area contributed by atoms with Crippen molar-refractivity contribution in [3.05, 3.63) is 16.9 Å². The van der Waals surface area contributed by atoms with Gasteiger partial charge in [0.2, 0.25) is 0 Å². The van der Waals surface area contributed by atoms with E-state index in [9.17, 15) is 0 Å². The first-order chi connectivity index (χ1) is 6.30. The fourth-order valence-corrected chi connectivity index (χ4v) is 1.44. The van der Waals surface area contributed by atoms with Crippen LogP contribution in [0, 0.1) is 5.92 Å². The molecular formula is C11H19ClN2. The molecule has 0 aliphatic carbocycles. The third-order valence-corrected chi connectivity index (χ3v) is 2.34. The van der Waals surface area contributed by atoms with E-state index in [0.717, 1.165) is 17.4 Å². The molecule has 0 radical (unpaired) electrons. The van der Waals surface area contributed by atoms with Gasteiger partial charge in [-0.15, -0.1) is 0 Å². The van der Waals surface area contributed by atoms with Crippen LogP contribution in [0.1, 0.15) is 40.3 Å². The lowest BCUT2D eigenvalue weighted by molar-refractivity contribution is 0.466. The van der Waals surface area contributed by atoms with E-state index < -0.39 is 0 Å². The first-order valence-electron chi connectivity index (χ1n) is 5.04. The van der Waals surface area contributed by atoms with Crippen molar-refractivity contribution in [3.63, 3.8) is 0 Å². The Morgan fingerprint density at radius 3 is 2.36 bits per heavy atom. The van der Waals surface area contributed by atoms with E-state index in [1.165, 1.54) is 0 Å². The minimum Gasteiger partial charge on any atom is -0.253 e. The SMILES string of the molecule is CC(C)Cn1nc(C(C)(C)C)cc1Cl. The van der Waals surface area contributed by atoms with Gasteiger partial charge in [0.15, 0.2) is 0 Å². The minimum absolute atomic E-state index is 0.0753. The van der Waals surface area contributed by atoms with E-state index in [1.54, 1.807) is 0 Å². The second kappa shape index (κ2) is 3.93. The summed E-state index contributed by atoms with van der Waals surface area (Å²) in [6.45, 7) is 11.6. The van der Waals surface area contributed by atoms with Gasteiger partial charge in [0.25, 0.3) is 0 Å². The van der Waals surface area contributed by atoms with Crippen LogP contribution < -0.4 is 0 Å². The molecule has 0 atom stereocenters. The van der Waals surface area contributed by atoms with E-state index >= 15 is 0 Å². The second-order valence-corrected chi connectivity index (χ2v) is 5.57. The quantitative estimate of drug-likeness (QED) is 0.737. The summed E-state index contributed by atoms with van der Waals surface area (Å²) in [6, 6.07) is 1.96. The van der Waals surface area contributed by atoms with E-state index in [-0.39, 0.29) is 5.41 Å². The van der Waals surface area contributed by atoms with Crippen molar-refractivity contribution in [1.29, 1.82) is 0 Å². The molecule has 0 saturated heterocycles. The first kappa shape index (κ1) is 11.6. The van der Waals surface area contributed by atoms with Crippen molar-refractivity contribution in [2.24, 2.45) is 5.92 Å². The monoisotopic (exact) mass is 214 g/mol. The Balaban J connectivity index is 2.94. The van der Waals surface area contributed by atoms with Crippen molar-refractivity contribution in [2.45, 2.75) is 46.6 Å². The van der Waals surface area contributed by atoms with Gasteiger partial charge >= 0.3 is 0 Å². The Labute approximate surface area is 91.3 Å². The summed E-state index contributed by atoms with van der Waals surface area (Å²) in [5.41, 5.74) is 1.13. The van der Waals surface area contributed by atoms with Crippen LogP contribution in [-0.4, -0.2) is 9.78 Å². The third-order valence-electron chi connectivity index (χ3n) is 2.04. The Hall–Kier alpha value is -0.500. The lowest BCUT2D eigenvalue weighted by Crippen LogP contribution is -2.14. The Bertz CT molecular complexity index is 308. The van der Waals surface area contributed by atoms with Gasteiger partial charge in [0.1, 0.15) is 5.15 Å². The maximum Gasteiger partial charge on any atom is 0.127 e. The molecule has 0 unspecified atom stereocenters. The standard InChI is InChI=1S/C11H19ClN2/c1-8(2)7-14-10(12)6-9(13-14)11(3,4)5/h6,8H,7H2,1-5H3. The Morgan fingerprint density at radius 1 is 1.43 bits per heavy atom. The molecule has 0 amide bonds. The smallest absolute Gasteiger partial charge is 0.127 e. The van der Waals surface area contributed by atoms with Crippen molar-refractivity contribution >= 4 is 11.6 Å². The summed E-state index contributed by atoms with van der Waals surface area (Å²) < 4.78 is 1.88. The van der Waals surface area contributed by atoms with Crippen LogP contribution in [0.2, 0.25) is 5.15 Å². The van der Waals surface area contributed by atoms with Crippen LogP contribution in [0.15, 0.2) is 6.07 Å². The molecule has 0 N–H and O–H groups in total. The molecule has 80 valence electrons. The van der Waals surface area contributed by atoms with Gasteiger partial charge in [0.05, 0.1) is 5.69 Å². The van der Waals surface area contributed by atoms with Crippen molar-refractivity contribution in [3.8, 4) is 0 Å². The fourth-order valence-electron chi connectivity index (χ4n) is 1.23. The van der Waals surface area contributed by atoms with Gasteiger partial charge in [0, 0.05) is 12.0 Å². The number of aromatic nitrogens is 2. The molecular weight excluding hydrogens is 196 g/mol. The highest BCUT2D eigenvalue weighted by atomic mass is 35.5. The minimum atomic E-state index is 0.0753. The topological polar surface area (TPSA) is 17.8 Å². The van der Waals surface area contributed by atoms with Gasteiger partial charge in [-0.25, -0.2) is 0 Å². The van der Waals surface area contributed by atoms with Gasteiger partial charge in [-0.05, 0) is 12.0 Å². The van der Waals surface area contributed by atoms with Gasteiger partial charge in [-0.2, -0.15) is 5.10 Å². The summed E-state index contributed by atoms with van der Waals surface area (Å²) in [5.74, 6) is 0.570. The van der Waals surface area contributed by atoms with Crippen LogP contribution in [0.25, 0.3) is 0 Å². The maximum absolute atomic E-state index is 6.10. The number of hydrogen-bond donors (Lipinski definition) is 0. The predicted octanol–water partition coefficient (Wildman–Crippen LogP) is 3.49. The van der Waals surface area contributed by atoms with Crippen LogP contribution in [0.4, 0.5) is 0 Å². The summed E-state index contributed by atoms with van der Waals surface area (Å²) >= 11 is 6.10. The van der Waals surface area contributed by atoms with Crippen LogP contribution in [-0.2, 0) is 12.0 Å². The van der Waals surface area contributed by atoms with E-state index in [1.807, 2.05) is 10.7 Å². The molecule has 0 aliphatic heterocycles. The number of hydrogen-bond acceptors (Lipinski definition) is 1. The number of halogens is 1. The first-order valence-corrected chi connectivity index (χ1v) is 5.42. The summed E-state index contributed by atoms with van der Waals surface area (Å²) in [5, 5.41) is 5.25. The highest BCUT2D eigenvalue weighted by Gasteiger charge is 2.19. The second-order valence-electron chi connectivity index (χ2n) is 5.18. The molecule has 0 saturated carbocycles. The molecule has 1 aromatic rings. The zero-order chi connectivity index (χ0) is 10.9. The maximum atomic E-state index is 6.10. The average Bonchev–Trinajstić information content (AvgIpc) is 2.30. The van der Waals surface area contributed by atoms with E-state index in [4.69, 9.17) is 11.6 Å². The highest BCUT2D eigenvalue weighted by Crippen LogP contribution is 2.24. The lowest BCUT2D eigenvalue weighted by Gasteiger charge is -2.14. The largest absolute Gasteiger partial charge is 0.253 e. The molecule has 1 heterocycles. The summed E-state index contributed by atoms with van der Waals surface area (Å²) in [4.78, 5) is 0. The van der Waals surface area contributed by atoms with E-state index in [0.29, 0.717) is 5.92 Å². The zero-order valence-electron chi connectivity index (χ0n) is 9.63. The molecule has 1 rings (SSSR count). The molecule has 0 fully saturated rings. The molecule has 0 aromatic carbocycles. The van der Waals surface area contributed by atoms with Gasteiger partial charge < -0.3 is 0 Å². The van der Waals surface area contributed by atoms with Gasteiger partial charge in [-0.3, -0.25) is 4.68 Å². The van der Waals surface area contributed by atoms with Crippen LogP contribution in [0.5, 0.6) is 0 Å². The molecule has 0 spiro atoms. The van der Waals surface area contributed by atoms with Crippen molar-refractivity contribution < 1.29 is 0 Å². The molecule has 14 heavy (non-hydrogen) atoms. The van der Waals surface area contributed by atoms with E-state index in [2.05, 4.69) is 39.7 Å². The fraction of sp³-hybridized carbons (Fsp3) is 0.727. The molecule has 1 aromatic heterocycles.